The molecular formula is C14H17NOS. The summed E-state index contributed by atoms with van der Waals surface area (Å²) >= 11 is 1.60. The van der Waals surface area contributed by atoms with Gasteiger partial charge in [0.2, 0.25) is 0 Å². The van der Waals surface area contributed by atoms with Crippen LogP contribution in [-0.2, 0) is 0 Å². The highest BCUT2D eigenvalue weighted by molar-refractivity contribution is 7.21. The molecule has 0 N–H and O–H groups in total. The first-order valence-electron chi connectivity index (χ1n) is 5.71. The number of benzene rings is 1. The minimum absolute atomic E-state index is 0.0678. The van der Waals surface area contributed by atoms with Gasteiger partial charge < -0.3 is 0 Å². The normalized spacial score (nSPS) is 13.2. The van der Waals surface area contributed by atoms with Crippen molar-refractivity contribution in [1.82, 2.24) is 4.90 Å². The Kier molecular flexibility index (Phi) is 3.31. The maximum absolute atomic E-state index is 12.3. The molecule has 17 heavy (non-hydrogen) atoms. The molecule has 0 fully saturated rings. The van der Waals surface area contributed by atoms with Crippen LogP contribution < -0.4 is 0 Å². The van der Waals surface area contributed by atoms with Crippen LogP contribution in [0.15, 0.2) is 24.3 Å². The average molecular weight is 247 g/mol. The van der Waals surface area contributed by atoms with Gasteiger partial charge in [0.15, 0.2) is 5.78 Å². The van der Waals surface area contributed by atoms with Crippen molar-refractivity contribution in [3.05, 3.63) is 34.7 Å². The lowest BCUT2D eigenvalue weighted by molar-refractivity contribution is 0.0894. The number of nitrogens with zero attached hydrogens (tertiary/aromatic N) is 1. The van der Waals surface area contributed by atoms with Crippen molar-refractivity contribution >= 4 is 27.2 Å². The Hall–Kier alpha value is -1.19. The summed E-state index contributed by atoms with van der Waals surface area (Å²) in [5, 5.41) is 1.20. The molecule has 0 saturated heterocycles. The number of carbonyl (C=O) groups excluding carboxylic acids is 1. The van der Waals surface area contributed by atoms with E-state index in [1.54, 1.807) is 11.3 Å². The lowest BCUT2D eigenvalue weighted by Crippen LogP contribution is -2.32. The van der Waals surface area contributed by atoms with E-state index in [1.807, 2.05) is 45.0 Å². The summed E-state index contributed by atoms with van der Waals surface area (Å²) in [7, 11) is 3.87. The fraction of sp³-hybridized carbons (Fsp3) is 0.357. The van der Waals surface area contributed by atoms with Gasteiger partial charge in [-0.15, -0.1) is 11.3 Å². The van der Waals surface area contributed by atoms with Gasteiger partial charge in [0.05, 0.1) is 10.9 Å². The van der Waals surface area contributed by atoms with Gasteiger partial charge in [-0.25, -0.2) is 0 Å². The standard InChI is InChI=1S/C14H17NOS/c1-9-11-7-5-6-8-12(11)17-14(9)13(16)10(2)15(3)4/h5-8,10H,1-4H3. The SMILES string of the molecule is Cc1c(C(=O)C(C)N(C)C)sc2ccccc12. The molecule has 0 radical (unpaired) electrons. The van der Waals surface area contributed by atoms with Crippen LogP contribution in [0.5, 0.6) is 0 Å². The predicted octanol–water partition coefficient (Wildman–Crippen LogP) is 3.34. The Morgan fingerprint density at radius 2 is 1.94 bits per heavy atom. The maximum Gasteiger partial charge on any atom is 0.189 e. The predicted molar refractivity (Wildman–Crippen MR) is 74.0 cm³/mol. The third-order valence-corrected chi connectivity index (χ3v) is 4.51. The highest BCUT2D eigenvalue weighted by Gasteiger charge is 2.21. The Labute approximate surface area is 106 Å². The molecule has 2 rings (SSSR count). The largest absolute Gasteiger partial charge is 0.300 e. The molecule has 0 saturated carbocycles. The van der Waals surface area contributed by atoms with Crippen LogP contribution in [0.1, 0.15) is 22.2 Å². The molecule has 1 heterocycles. The number of hydrogen-bond donors (Lipinski definition) is 0. The van der Waals surface area contributed by atoms with Crippen molar-refractivity contribution in [1.29, 1.82) is 0 Å². The van der Waals surface area contributed by atoms with Crippen molar-refractivity contribution in [2.24, 2.45) is 0 Å². The lowest BCUT2D eigenvalue weighted by Gasteiger charge is -2.17. The molecule has 1 aromatic carbocycles. The quantitative estimate of drug-likeness (QED) is 0.775. The van der Waals surface area contributed by atoms with Gasteiger partial charge in [-0.2, -0.15) is 0 Å². The zero-order chi connectivity index (χ0) is 12.6. The van der Waals surface area contributed by atoms with Crippen LogP contribution >= 0.6 is 11.3 Å². The van der Waals surface area contributed by atoms with Crippen LogP contribution in [0.25, 0.3) is 10.1 Å². The number of fused-ring (bicyclic) bond motifs is 1. The van der Waals surface area contributed by atoms with Gasteiger partial charge in [-0.1, -0.05) is 18.2 Å². The molecule has 2 aromatic rings. The van der Waals surface area contributed by atoms with Gasteiger partial charge in [0.1, 0.15) is 0 Å². The number of carbonyl (C=O) groups is 1. The highest BCUT2D eigenvalue weighted by Crippen LogP contribution is 2.31. The Morgan fingerprint density at radius 1 is 1.29 bits per heavy atom. The molecule has 1 atom stereocenters. The minimum Gasteiger partial charge on any atom is -0.300 e. The Morgan fingerprint density at radius 3 is 2.53 bits per heavy atom. The fourth-order valence-electron chi connectivity index (χ4n) is 1.83. The molecule has 0 bridgehead atoms. The first-order chi connectivity index (χ1) is 8.02. The van der Waals surface area contributed by atoms with Crippen molar-refractivity contribution in [3.63, 3.8) is 0 Å². The zero-order valence-electron chi connectivity index (χ0n) is 10.7. The fourth-order valence-corrected chi connectivity index (χ4v) is 3.07. The van der Waals surface area contributed by atoms with E-state index in [4.69, 9.17) is 0 Å². The third kappa shape index (κ3) is 2.13. The van der Waals surface area contributed by atoms with E-state index in [2.05, 4.69) is 12.1 Å². The number of Topliss-reactive ketones (excluding diaryl/α,β-unsaturated/α-hetero) is 1. The second kappa shape index (κ2) is 4.59. The van der Waals surface area contributed by atoms with Gasteiger partial charge in [0, 0.05) is 4.70 Å². The van der Waals surface area contributed by atoms with Gasteiger partial charge in [-0.05, 0) is 45.0 Å². The van der Waals surface area contributed by atoms with Crippen molar-refractivity contribution < 1.29 is 4.79 Å². The third-order valence-electron chi connectivity index (χ3n) is 3.22. The van der Waals surface area contributed by atoms with E-state index in [9.17, 15) is 4.79 Å². The van der Waals surface area contributed by atoms with Gasteiger partial charge >= 0.3 is 0 Å². The summed E-state index contributed by atoms with van der Waals surface area (Å²) < 4.78 is 1.19. The molecule has 2 nitrogen and oxygen atoms in total. The van der Waals surface area contributed by atoms with Crippen molar-refractivity contribution in [3.8, 4) is 0 Å². The number of likely N-dealkylation sites (N-methyl/N-ethyl adjacent to an activating group) is 1. The number of aryl methyl sites for hydroxylation is 1. The molecule has 0 aliphatic carbocycles. The van der Waals surface area contributed by atoms with Gasteiger partial charge in [0.25, 0.3) is 0 Å². The van der Waals surface area contributed by atoms with Crippen molar-refractivity contribution in [2.75, 3.05) is 14.1 Å². The van der Waals surface area contributed by atoms with Gasteiger partial charge in [-0.3, -0.25) is 9.69 Å². The van der Waals surface area contributed by atoms with Crippen LogP contribution in [0.3, 0.4) is 0 Å². The summed E-state index contributed by atoms with van der Waals surface area (Å²) in [6.07, 6.45) is 0. The maximum atomic E-state index is 12.3. The summed E-state index contributed by atoms with van der Waals surface area (Å²) in [6, 6.07) is 8.12. The van der Waals surface area contributed by atoms with Crippen molar-refractivity contribution in [2.45, 2.75) is 19.9 Å². The van der Waals surface area contributed by atoms with E-state index in [-0.39, 0.29) is 11.8 Å². The second-order valence-electron chi connectivity index (χ2n) is 4.56. The van der Waals surface area contributed by atoms with E-state index in [0.29, 0.717) is 0 Å². The number of rotatable bonds is 3. The Balaban J connectivity index is 2.49. The molecule has 90 valence electrons. The Bertz CT molecular complexity index is 556. The topological polar surface area (TPSA) is 20.3 Å². The monoisotopic (exact) mass is 247 g/mol. The zero-order valence-corrected chi connectivity index (χ0v) is 11.5. The number of hydrogen-bond acceptors (Lipinski definition) is 3. The summed E-state index contributed by atoms with van der Waals surface area (Å²) in [6.45, 7) is 3.99. The van der Waals surface area contributed by atoms with Crippen LogP contribution in [0, 0.1) is 6.92 Å². The minimum atomic E-state index is -0.0678. The first-order valence-corrected chi connectivity index (χ1v) is 6.52. The highest BCUT2D eigenvalue weighted by atomic mass is 32.1. The molecule has 1 unspecified atom stereocenters. The van der Waals surface area contributed by atoms with Crippen LogP contribution in [0.4, 0.5) is 0 Å². The van der Waals surface area contributed by atoms with E-state index < -0.39 is 0 Å². The summed E-state index contributed by atoms with van der Waals surface area (Å²) in [4.78, 5) is 15.2. The molecule has 0 spiro atoms. The number of ketones is 1. The first kappa shape index (κ1) is 12.3. The molecule has 1 aromatic heterocycles. The van der Waals surface area contributed by atoms with E-state index >= 15 is 0 Å². The molecule has 0 aliphatic rings. The number of thiophene rings is 1. The summed E-state index contributed by atoms with van der Waals surface area (Å²) in [5.41, 5.74) is 1.12. The van der Waals surface area contributed by atoms with Crippen LogP contribution in [-0.4, -0.2) is 30.8 Å². The molecule has 0 amide bonds. The molecule has 0 aliphatic heterocycles. The van der Waals surface area contributed by atoms with E-state index in [1.165, 1.54) is 10.1 Å². The molecular weight excluding hydrogens is 230 g/mol. The van der Waals surface area contributed by atoms with E-state index in [0.717, 1.165) is 10.4 Å². The van der Waals surface area contributed by atoms with Crippen LogP contribution in [0.2, 0.25) is 0 Å². The summed E-state index contributed by atoms with van der Waals surface area (Å²) in [5.74, 6) is 0.216. The lowest BCUT2D eigenvalue weighted by atomic mass is 10.1. The smallest absolute Gasteiger partial charge is 0.189 e. The molecule has 3 heteroatoms. The second-order valence-corrected chi connectivity index (χ2v) is 5.61. The average Bonchev–Trinajstić information content (AvgIpc) is 2.65.